The molecule has 2 aliphatic heterocycles. The lowest BCUT2D eigenvalue weighted by Crippen LogP contribution is -2.12. The lowest BCUT2D eigenvalue weighted by molar-refractivity contribution is 0.950. The van der Waals surface area contributed by atoms with Gasteiger partial charge in [0.25, 0.3) is 0 Å². The Hall–Kier alpha value is -0.640. The van der Waals surface area contributed by atoms with Gasteiger partial charge in [-0.25, -0.2) is 0 Å². The zero-order valence-electron chi connectivity index (χ0n) is 10.0. The van der Waals surface area contributed by atoms with Gasteiger partial charge >= 0.3 is 0 Å². The van der Waals surface area contributed by atoms with E-state index in [0.717, 1.165) is 12.3 Å². The van der Waals surface area contributed by atoms with Crippen LogP contribution in [0.1, 0.15) is 18.4 Å². The molecule has 2 heterocycles. The van der Waals surface area contributed by atoms with Crippen LogP contribution in [0.2, 0.25) is 0 Å². The van der Waals surface area contributed by atoms with Crippen LogP contribution in [0, 0.1) is 5.92 Å². The zero-order chi connectivity index (χ0) is 12.2. The summed E-state index contributed by atoms with van der Waals surface area (Å²) in [6.45, 7) is 0. The predicted molar refractivity (Wildman–Crippen MR) is 81.1 cm³/mol. The molecule has 3 atom stereocenters. The SMILES string of the molecule is NC1CC=C(C23CC2C=C(c2ccccc2)S3)S1. The highest BCUT2D eigenvalue weighted by atomic mass is 32.2. The van der Waals surface area contributed by atoms with Crippen molar-refractivity contribution in [1.29, 1.82) is 0 Å². The number of nitrogens with two attached hydrogens (primary N) is 1. The maximum absolute atomic E-state index is 6.00. The summed E-state index contributed by atoms with van der Waals surface area (Å²) in [6, 6.07) is 10.7. The summed E-state index contributed by atoms with van der Waals surface area (Å²) in [5, 5.41) is 0.289. The van der Waals surface area contributed by atoms with E-state index in [1.165, 1.54) is 21.8 Å². The van der Waals surface area contributed by atoms with Gasteiger partial charge in [0.05, 0.1) is 10.1 Å². The first-order valence-electron chi connectivity index (χ1n) is 6.37. The molecule has 1 aromatic carbocycles. The van der Waals surface area contributed by atoms with Crippen molar-refractivity contribution in [1.82, 2.24) is 0 Å². The molecule has 0 amide bonds. The van der Waals surface area contributed by atoms with E-state index in [1.807, 2.05) is 11.8 Å². The molecule has 3 heteroatoms. The molecule has 18 heavy (non-hydrogen) atoms. The van der Waals surface area contributed by atoms with Crippen molar-refractivity contribution in [3.63, 3.8) is 0 Å². The molecule has 1 aliphatic carbocycles. The first kappa shape index (κ1) is 11.2. The number of allylic oxidation sites excluding steroid dienone is 1. The summed E-state index contributed by atoms with van der Waals surface area (Å²) in [5.74, 6) is 0.738. The van der Waals surface area contributed by atoms with Crippen molar-refractivity contribution in [2.45, 2.75) is 23.0 Å². The number of benzene rings is 1. The molecule has 3 unspecified atom stereocenters. The smallest absolute Gasteiger partial charge is 0.0587 e. The third kappa shape index (κ3) is 1.61. The highest BCUT2D eigenvalue weighted by molar-refractivity contribution is 8.12. The van der Waals surface area contributed by atoms with Gasteiger partial charge in [-0.15, -0.1) is 23.5 Å². The van der Waals surface area contributed by atoms with Crippen LogP contribution in [-0.2, 0) is 0 Å². The molecule has 1 nitrogen and oxygen atoms in total. The number of thioether (sulfide) groups is 2. The van der Waals surface area contributed by atoms with Gasteiger partial charge in [-0.1, -0.05) is 42.5 Å². The molecular formula is C15H15NS2. The number of hydrogen-bond acceptors (Lipinski definition) is 3. The van der Waals surface area contributed by atoms with Crippen molar-refractivity contribution in [3.05, 3.63) is 53.0 Å². The van der Waals surface area contributed by atoms with Gasteiger partial charge in [0.2, 0.25) is 0 Å². The van der Waals surface area contributed by atoms with Crippen LogP contribution in [0.5, 0.6) is 0 Å². The van der Waals surface area contributed by atoms with Gasteiger partial charge in [-0.05, 0) is 29.2 Å². The standard InChI is InChI=1S/C15H15NS2/c16-14-7-6-13(17-14)15-9-11(15)8-12(18-15)10-4-2-1-3-5-10/h1-6,8,11,14H,7,9,16H2. The van der Waals surface area contributed by atoms with Crippen molar-refractivity contribution in [2.75, 3.05) is 0 Å². The Balaban J connectivity index is 1.59. The quantitative estimate of drug-likeness (QED) is 0.886. The van der Waals surface area contributed by atoms with Gasteiger partial charge in [0.15, 0.2) is 0 Å². The highest BCUT2D eigenvalue weighted by Crippen LogP contribution is 2.71. The Morgan fingerprint density at radius 1 is 1.22 bits per heavy atom. The fraction of sp³-hybridized carbons (Fsp3) is 0.333. The monoisotopic (exact) mass is 273 g/mol. The van der Waals surface area contributed by atoms with E-state index in [1.54, 1.807) is 0 Å². The van der Waals surface area contributed by atoms with E-state index in [-0.39, 0.29) is 5.37 Å². The molecular weight excluding hydrogens is 258 g/mol. The molecule has 0 radical (unpaired) electrons. The number of rotatable bonds is 2. The third-order valence-electron chi connectivity index (χ3n) is 3.90. The second-order valence-corrected chi connectivity index (χ2v) is 7.81. The fourth-order valence-electron chi connectivity index (χ4n) is 2.84. The normalized spacial score (nSPS) is 37.2. The van der Waals surface area contributed by atoms with Crippen LogP contribution in [0.15, 0.2) is 47.4 Å². The summed E-state index contributed by atoms with van der Waals surface area (Å²) >= 11 is 3.94. The average molecular weight is 273 g/mol. The van der Waals surface area contributed by atoms with Crippen LogP contribution in [0.25, 0.3) is 4.91 Å². The molecule has 4 rings (SSSR count). The van der Waals surface area contributed by atoms with E-state index in [9.17, 15) is 0 Å². The van der Waals surface area contributed by atoms with Crippen LogP contribution in [0.4, 0.5) is 0 Å². The van der Waals surface area contributed by atoms with Crippen LogP contribution >= 0.6 is 23.5 Å². The first-order chi connectivity index (χ1) is 8.78. The molecule has 0 aromatic heterocycles. The maximum Gasteiger partial charge on any atom is 0.0587 e. The predicted octanol–water partition coefficient (Wildman–Crippen LogP) is 3.84. The average Bonchev–Trinajstić information content (AvgIpc) is 2.76. The maximum atomic E-state index is 6.00. The van der Waals surface area contributed by atoms with E-state index < -0.39 is 0 Å². The van der Waals surface area contributed by atoms with Gasteiger partial charge in [0.1, 0.15) is 0 Å². The lowest BCUT2D eigenvalue weighted by atomic mass is 10.2. The first-order valence-corrected chi connectivity index (χ1v) is 8.07. The molecule has 1 aromatic rings. The van der Waals surface area contributed by atoms with Gasteiger partial charge in [0, 0.05) is 4.91 Å². The molecule has 92 valence electrons. The minimum Gasteiger partial charge on any atom is -0.319 e. The third-order valence-corrected chi connectivity index (χ3v) is 6.95. The van der Waals surface area contributed by atoms with Crippen molar-refractivity contribution in [3.8, 4) is 0 Å². The van der Waals surface area contributed by atoms with Crippen LogP contribution in [-0.4, -0.2) is 10.1 Å². The highest BCUT2D eigenvalue weighted by Gasteiger charge is 2.61. The topological polar surface area (TPSA) is 26.0 Å². The largest absolute Gasteiger partial charge is 0.319 e. The minimum atomic E-state index is 0.289. The van der Waals surface area contributed by atoms with E-state index in [2.05, 4.69) is 54.2 Å². The van der Waals surface area contributed by atoms with Gasteiger partial charge in [-0.2, -0.15) is 0 Å². The van der Waals surface area contributed by atoms with Crippen LogP contribution < -0.4 is 5.73 Å². The molecule has 2 N–H and O–H groups in total. The summed E-state index contributed by atoms with van der Waals surface area (Å²) < 4.78 is 0.365. The van der Waals surface area contributed by atoms with Gasteiger partial charge < -0.3 is 5.73 Å². The Bertz CT molecular complexity index is 549. The Kier molecular flexibility index (Phi) is 2.44. The van der Waals surface area contributed by atoms with Crippen LogP contribution in [0.3, 0.4) is 0 Å². The molecule has 1 fully saturated rings. The van der Waals surface area contributed by atoms with Crippen molar-refractivity contribution < 1.29 is 0 Å². The van der Waals surface area contributed by atoms with Crippen molar-refractivity contribution >= 4 is 28.4 Å². The molecule has 3 aliphatic rings. The van der Waals surface area contributed by atoms with E-state index >= 15 is 0 Å². The minimum absolute atomic E-state index is 0.289. The lowest BCUT2D eigenvalue weighted by Gasteiger charge is -2.15. The molecule has 1 saturated carbocycles. The Labute approximate surface area is 116 Å². The summed E-state index contributed by atoms with van der Waals surface area (Å²) in [7, 11) is 0. The Morgan fingerprint density at radius 2 is 2.06 bits per heavy atom. The zero-order valence-corrected chi connectivity index (χ0v) is 11.6. The van der Waals surface area contributed by atoms with Crippen molar-refractivity contribution in [2.24, 2.45) is 11.7 Å². The molecule has 0 saturated heterocycles. The second kappa shape index (κ2) is 3.92. The fourth-order valence-corrected chi connectivity index (χ4v) is 5.80. The Morgan fingerprint density at radius 3 is 2.78 bits per heavy atom. The summed E-state index contributed by atoms with van der Waals surface area (Å²) in [6.07, 6.45) is 7.17. The summed E-state index contributed by atoms with van der Waals surface area (Å²) in [4.78, 5) is 2.99. The second-order valence-electron chi connectivity index (χ2n) is 5.16. The molecule has 0 bridgehead atoms. The number of fused-ring (bicyclic) bond motifs is 1. The van der Waals surface area contributed by atoms with Gasteiger partial charge in [-0.3, -0.25) is 0 Å². The number of hydrogen-bond donors (Lipinski definition) is 1. The summed E-state index contributed by atoms with van der Waals surface area (Å²) in [5.41, 5.74) is 7.36. The van der Waals surface area contributed by atoms with E-state index in [0.29, 0.717) is 4.75 Å². The van der Waals surface area contributed by atoms with E-state index in [4.69, 9.17) is 5.73 Å². The molecule has 0 spiro atoms.